The van der Waals surface area contributed by atoms with Crippen LogP contribution >= 0.6 is 0 Å². The summed E-state index contributed by atoms with van der Waals surface area (Å²) in [5.74, 6) is -0.801. The molecule has 2 heterocycles. The number of amides is 3. The molecular formula is C28H23N5O3. The molecule has 2 aliphatic heterocycles. The Morgan fingerprint density at radius 3 is 1.78 bits per heavy atom. The summed E-state index contributed by atoms with van der Waals surface area (Å²) in [6.45, 7) is -0.559. The second-order valence-electron chi connectivity index (χ2n) is 8.64. The molecule has 0 saturated carbocycles. The first-order valence-corrected chi connectivity index (χ1v) is 11.4. The minimum atomic E-state index is -1.48. The lowest BCUT2D eigenvalue weighted by Gasteiger charge is -2.28. The highest BCUT2D eigenvalue weighted by atomic mass is 16.2. The molecule has 0 radical (unpaired) electrons. The molecule has 2 aliphatic rings. The topological polar surface area (TPSA) is 96.7 Å². The minimum Gasteiger partial charge on any atom is -0.328 e. The number of carbonyl (C=O) groups is 3. The van der Waals surface area contributed by atoms with Crippen LogP contribution in [0.1, 0.15) is 11.1 Å². The average Bonchev–Trinajstić information content (AvgIpc) is 3.31. The van der Waals surface area contributed by atoms with Crippen LogP contribution in [0.5, 0.6) is 0 Å². The van der Waals surface area contributed by atoms with E-state index in [4.69, 9.17) is 0 Å². The van der Waals surface area contributed by atoms with Gasteiger partial charge in [-0.25, -0.2) is 4.79 Å². The molecule has 3 aromatic rings. The molecule has 1 N–H and O–H groups in total. The number of nitrogens with one attached hydrogen (secondary N) is 1. The quantitative estimate of drug-likeness (QED) is 0.344. The van der Waals surface area contributed by atoms with Gasteiger partial charge in [-0.3, -0.25) is 14.5 Å². The maximum Gasteiger partial charge on any atom is 0.325 e. The van der Waals surface area contributed by atoms with Crippen LogP contribution in [0.25, 0.3) is 0 Å². The lowest BCUT2D eigenvalue weighted by molar-refractivity contribution is -0.132. The molecule has 36 heavy (non-hydrogen) atoms. The molecule has 1 fully saturated rings. The molecule has 178 valence electrons. The average molecular weight is 478 g/mol. The number of urea groups is 1. The molecule has 1 saturated heterocycles. The third kappa shape index (κ3) is 3.33. The summed E-state index contributed by atoms with van der Waals surface area (Å²) < 4.78 is 0. The third-order valence-corrected chi connectivity index (χ3v) is 6.67. The van der Waals surface area contributed by atoms with Gasteiger partial charge >= 0.3 is 6.03 Å². The number of Topliss-reactive ketones (excluding diaryl/α,β-unsaturated/α-hetero) is 1. The van der Waals surface area contributed by atoms with Crippen LogP contribution in [-0.2, 0) is 15.1 Å². The number of ketones is 1. The van der Waals surface area contributed by atoms with Crippen LogP contribution in [-0.4, -0.2) is 43.3 Å². The number of para-hydroxylation sites is 2. The van der Waals surface area contributed by atoms with Crippen molar-refractivity contribution in [2.24, 2.45) is 0 Å². The highest BCUT2D eigenvalue weighted by Gasteiger charge is 2.54. The van der Waals surface area contributed by atoms with Gasteiger partial charge in [0, 0.05) is 14.1 Å². The second kappa shape index (κ2) is 8.71. The van der Waals surface area contributed by atoms with Crippen molar-refractivity contribution < 1.29 is 14.4 Å². The molecule has 0 aliphatic carbocycles. The molecule has 8 nitrogen and oxygen atoms in total. The fraction of sp³-hybridized carbons (Fsp3) is 0.143. The second-order valence-corrected chi connectivity index (χ2v) is 8.64. The van der Waals surface area contributed by atoms with Crippen LogP contribution in [0.15, 0.2) is 96.3 Å². The number of anilines is 2. The van der Waals surface area contributed by atoms with E-state index >= 15 is 0 Å². The Morgan fingerprint density at radius 2 is 1.31 bits per heavy atom. The number of rotatable bonds is 5. The van der Waals surface area contributed by atoms with E-state index in [2.05, 4.69) is 5.32 Å². The third-order valence-electron chi connectivity index (χ3n) is 6.67. The van der Waals surface area contributed by atoms with E-state index in [0.29, 0.717) is 16.9 Å². The molecule has 0 unspecified atom stereocenters. The molecule has 0 atom stereocenters. The van der Waals surface area contributed by atoms with Gasteiger partial charge in [-0.2, -0.15) is 5.26 Å². The summed E-state index contributed by atoms with van der Waals surface area (Å²) in [5.41, 5.74) is 1.24. The van der Waals surface area contributed by atoms with E-state index in [-0.39, 0.29) is 5.57 Å². The van der Waals surface area contributed by atoms with Crippen molar-refractivity contribution in [3.05, 3.63) is 107 Å². The van der Waals surface area contributed by atoms with E-state index in [0.717, 1.165) is 16.3 Å². The summed E-state index contributed by atoms with van der Waals surface area (Å²) in [6, 6.07) is 26.7. The summed E-state index contributed by atoms with van der Waals surface area (Å²) >= 11 is 0. The lowest BCUT2D eigenvalue weighted by atomic mass is 9.82. The van der Waals surface area contributed by atoms with Gasteiger partial charge in [0.05, 0.1) is 17.9 Å². The Hall–Kier alpha value is -4.90. The molecule has 0 spiro atoms. The monoisotopic (exact) mass is 477 g/mol. The van der Waals surface area contributed by atoms with Gasteiger partial charge in [-0.1, -0.05) is 72.8 Å². The number of nitriles is 1. The Kier molecular flexibility index (Phi) is 5.53. The van der Waals surface area contributed by atoms with Gasteiger partial charge < -0.3 is 15.1 Å². The molecule has 8 heteroatoms. The normalized spacial score (nSPS) is 16.0. The number of nitrogens with zero attached hydrogens (tertiary/aromatic N) is 4. The van der Waals surface area contributed by atoms with Crippen LogP contribution in [0, 0.1) is 11.3 Å². The van der Waals surface area contributed by atoms with Gasteiger partial charge in [0.15, 0.2) is 11.3 Å². The van der Waals surface area contributed by atoms with Crippen molar-refractivity contribution in [2.75, 3.05) is 30.4 Å². The van der Waals surface area contributed by atoms with Crippen molar-refractivity contribution in [3.63, 3.8) is 0 Å². The van der Waals surface area contributed by atoms with E-state index in [1.807, 2.05) is 42.5 Å². The highest BCUT2D eigenvalue weighted by molar-refractivity contribution is 6.14. The van der Waals surface area contributed by atoms with Crippen molar-refractivity contribution in [1.29, 1.82) is 5.26 Å². The summed E-state index contributed by atoms with van der Waals surface area (Å²) in [6.07, 6.45) is 0. The van der Waals surface area contributed by atoms with Crippen LogP contribution in [0.3, 0.4) is 0 Å². The van der Waals surface area contributed by atoms with Gasteiger partial charge in [0.1, 0.15) is 17.5 Å². The number of imide groups is 1. The smallest absolute Gasteiger partial charge is 0.325 e. The van der Waals surface area contributed by atoms with Gasteiger partial charge in [0.25, 0.3) is 5.91 Å². The first-order valence-electron chi connectivity index (χ1n) is 11.4. The zero-order valence-corrected chi connectivity index (χ0v) is 19.8. The highest BCUT2D eigenvalue weighted by Crippen LogP contribution is 2.41. The van der Waals surface area contributed by atoms with E-state index in [1.165, 1.54) is 0 Å². The van der Waals surface area contributed by atoms with Crippen LogP contribution < -0.4 is 15.1 Å². The zero-order chi connectivity index (χ0) is 25.4. The standard InChI is InChI=1S/C28H23N5O3/c1-31-22-15-9-10-16-23(22)32(2)25(31)21(17-29)24(34)18-33-26(35)28(30-27(33)36,19-11-5-3-6-12-19)20-13-7-4-8-14-20/h3-16H,18H2,1-2H3,(H,30,36). The predicted molar refractivity (Wildman–Crippen MR) is 135 cm³/mol. The van der Waals surface area contributed by atoms with E-state index < -0.39 is 29.8 Å². The number of carbonyl (C=O) groups excluding carboxylic acids is 3. The predicted octanol–water partition coefficient (Wildman–Crippen LogP) is 3.37. The fourth-order valence-corrected chi connectivity index (χ4v) is 4.93. The number of hydrogen-bond acceptors (Lipinski definition) is 6. The lowest BCUT2D eigenvalue weighted by Crippen LogP contribution is -2.45. The molecule has 3 amide bonds. The molecular weight excluding hydrogens is 454 g/mol. The Balaban J connectivity index is 1.52. The Bertz CT molecular complexity index is 1370. The SMILES string of the molecule is CN1C(=C(C#N)C(=O)CN2C(=O)NC(c3ccccc3)(c3ccccc3)C2=O)N(C)c2ccccc21. The molecule has 5 rings (SSSR count). The largest absolute Gasteiger partial charge is 0.328 e. The first-order chi connectivity index (χ1) is 17.4. The van der Waals surface area contributed by atoms with Crippen LogP contribution in [0.4, 0.5) is 16.2 Å². The zero-order valence-electron chi connectivity index (χ0n) is 19.8. The molecule has 3 aromatic carbocycles. The maximum absolute atomic E-state index is 13.9. The van der Waals surface area contributed by atoms with Gasteiger partial charge in [-0.15, -0.1) is 0 Å². The Morgan fingerprint density at radius 1 is 0.833 bits per heavy atom. The van der Waals surface area contributed by atoms with E-state index in [1.54, 1.807) is 72.4 Å². The van der Waals surface area contributed by atoms with Crippen LogP contribution in [0.2, 0.25) is 0 Å². The van der Waals surface area contributed by atoms with Crippen molar-refractivity contribution in [3.8, 4) is 6.07 Å². The Labute approximate surface area is 208 Å². The number of benzene rings is 3. The van der Waals surface area contributed by atoms with Gasteiger partial charge in [-0.05, 0) is 23.3 Å². The van der Waals surface area contributed by atoms with Crippen molar-refractivity contribution in [1.82, 2.24) is 10.2 Å². The first kappa shape index (κ1) is 22.9. The minimum absolute atomic E-state index is 0.131. The fourth-order valence-electron chi connectivity index (χ4n) is 4.93. The summed E-state index contributed by atoms with van der Waals surface area (Å²) in [4.78, 5) is 44.9. The molecule has 0 aromatic heterocycles. The number of fused-ring (bicyclic) bond motifs is 1. The van der Waals surface area contributed by atoms with Crippen molar-refractivity contribution in [2.45, 2.75) is 5.54 Å². The number of hydrogen-bond donors (Lipinski definition) is 1. The van der Waals surface area contributed by atoms with Crippen molar-refractivity contribution >= 4 is 29.1 Å². The summed E-state index contributed by atoms with van der Waals surface area (Å²) in [5, 5.41) is 12.8. The maximum atomic E-state index is 13.9. The summed E-state index contributed by atoms with van der Waals surface area (Å²) in [7, 11) is 3.54. The molecule has 0 bridgehead atoms. The van der Waals surface area contributed by atoms with Gasteiger partial charge in [0.2, 0.25) is 0 Å². The van der Waals surface area contributed by atoms with E-state index in [9.17, 15) is 19.6 Å².